The topological polar surface area (TPSA) is 38.0 Å². The van der Waals surface area contributed by atoms with Gasteiger partial charge in [0.05, 0.1) is 5.69 Å². The number of rotatable bonds is 2. The van der Waals surface area contributed by atoms with Crippen molar-refractivity contribution in [3.05, 3.63) is 52.3 Å². The summed E-state index contributed by atoms with van der Waals surface area (Å²) in [5.74, 6) is -0.282. The third-order valence-electron chi connectivity index (χ3n) is 2.49. The Bertz CT molecular complexity index is 555. The number of nitrogens with one attached hydrogen (secondary N) is 1. The molecule has 0 amide bonds. The third kappa shape index (κ3) is 2.77. The van der Waals surface area contributed by atoms with Crippen LogP contribution in [0.3, 0.4) is 0 Å². The maximum atomic E-state index is 13.1. The van der Waals surface area contributed by atoms with Crippen molar-refractivity contribution in [1.82, 2.24) is 0 Å². The first-order chi connectivity index (χ1) is 8.06. The SMILES string of the molecule is Cc1ccc(Nc2cc(F)ccc2Br)cc1N. The van der Waals surface area contributed by atoms with E-state index in [9.17, 15) is 4.39 Å². The highest BCUT2D eigenvalue weighted by Crippen LogP contribution is 2.27. The van der Waals surface area contributed by atoms with Gasteiger partial charge in [-0.1, -0.05) is 6.07 Å². The molecule has 0 saturated heterocycles. The zero-order chi connectivity index (χ0) is 12.4. The lowest BCUT2D eigenvalue weighted by Crippen LogP contribution is -1.95. The lowest BCUT2D eigenvalue weighted by molar-refractivity contribution is 0.628. The normalized spacial score (nSPS) is 10.3. The van der Waals surface area contributed by atoms with Crippen LogP contribution in [-0.2, 0) is 0 Å². The van der Waals surface area contributed by atoms with Crippen molar-refractivity contribution < 1.29 is 4.39 Å². The second-order valence-electron chi connectivity index (χ2n) is 3.82. The molecule has 0 saturated carbocycles. The summed E-state index contributed by atoms with van der Waals surface area (Å²) in [5.41, 5.74) is 9.06. The highest BCUT2D eigenvalue weighted by Gasteiger charge is 2.03. The largest absolute Gasteiger partial charge is 0.398 e. The van der Waals surface area contributed by atoms with E-state index >= 15 is 0 Å². The molecule has 0 aromatic heterocycles. The Hall–Kier alpha value is -1.55. The predicted octanol–water partition coefficient (Wildman–Crippen LogP) is 4.22. The van der Waals surface area contributed by atoms with Crippen LogP contribution in [0.25, 0.3) is 0 Å². The minimum Gasteiger partial charge on any atom is -0.398 e. The summed E-state index contributed by atoms with van der Waals surface area (Å²) in [5, 5.41) is 3.11. The van der Waals surface area contributed by atoms with E-state index in [0.29, 0.717) is 11.4 Å². The van der Waals surface area contributed by atoms with Crippen LogP contribution in [-0.4, -0.2) is 0 Å². The molecule has 0 aliphatic rings. The highest BCUT2D eigenvalue weighted by atomic mass is 79.9. The van der Waals surface area contributed by atoms with Gasteiger partial charge >= 0.3 is 0 Å². The number of nitrogen functional groups attached to an aromatic ring is 1. The van der Waals surface area contributed by atoms with Gasteiger partial charge in [0.2, 0.25) is 0 Å². The Labute approximate surface area is 108 Å². The zero-order valence-electron chi connectivity index (χ0n) is 9.30. The quantitative estimate of drug-likeness (QED) is 0.814. The van der Waals surface area contributed by atoms with Gasteiger partial charge in [0.25, 0.3) is 0 Å². The average molecular weight is 295 g/mol. The Kier molecular flexibility index (Phi) is 3.33. The number of hydrogen-bond acceptors (Lipinski definition) is 2. The van der Waals surface area contributed by atoms with Crippen molar-refractivity contribution in [3.8, 4) is 0 Å². The maximum Gasteiger partial charge on any atom is 0.125 e. The van der Waals surface area contributed by atoms with Gasteiger partial charge in [-0.25, -0.2) is 4.39 Å². The maximum absolute atomic E-state index is 13.1. The average Bonchev–Trinajstić information content (AvgIpc) is 2.29. The van der Waals surface area contributed by atoms with Crippen LogP contribution in [0.1, 0.15) is 5.56 Å². The number of aryl methyl sites for hydroxylation is 1. The number of hydrogen-bond donors (Lipinski definition) is 2. The van der Waals surface area contributed by atoms with E-state index in [1.54, 1.807) is 6.07 Å². The summed E-state index contributed by atoms with van der Waals surface area (Å²) >= 11 is 3.36. The molecule has 0 unspecified atom stereocenters. The Balaban J connectivity index is 2.31. The van der Waals surface area contributed by atoms with Gasteiger partial charge in [0.1, 0.15) is 5.82 Å². The summed E-state index contributed by atoms with van der Waals surface area (Å²) in [6.45, 7) is 1.94. The molecular weight excluding hydrogens is 283 g/mol. The zero-order valence-corrected chi connectivity index (χ0v) is 10.9. The molecule has 0 bridgehead atoms. The summed E-state index contributed by atoms with van der Waals surface area (Å²) < 4.78 is 13.9. The van der Waals surface area contributed by atoms with E-state index in [1.165, 1.54) is 12.1 Å². The summed E-state index contributed by atoms with van der Waals surface area (Å²) in [4.78, 5) is 0. The van der Waals surface area contributed by atoms with Crippen LogP contribution in [0.5, 0.6) is 0 Å². The Morgan fingerprint density at radius 1 is 1.18 bits per heavy atom. The van der Waals surface area contributed by atoms with Gasteiger partial charge in [-0.15, -0.1) is 0 Å². The van der Waals surface area contributed by atoms with Crippen molar-refractivity contribution >= 4 is 33.0 Å². The van der Waals surface area contributed by atoms with Crippen molar-refractivity contribution in [1.29, 1.82) is 0 Å². The molecule has 17 heavy (non-hydrogen) atoms. The molecule has 2 aromatic rings. The molecule has 0 heterocycles. The minimum absolute atomic E-state index is 0.282. The number of anilines is 3. The molecule has 2 rings (SSSR count). The predicted molar refractivity (Wildman–Crippen MR) is 73.0 cm³/mol. The highest BCUT2D eigenvalue weighted by molar-refractivity contribution is 9.10. The molecule has 4 heteroatoms. The minimum atomic E-state index is -0.282. The first-order valence-electron chi connectivity index (χ1n) is 5.14. The van der Waals surface area contributed by atoms with E-state index in [2.05, 4.69) is 21.2 Å². The lowest BCUT2D eigenvalue weighted by Gasteiger charge is -2.10. The summed E-state index contributed by atoms with van der Waals surface area (Å²) in [6.07, 6.45) is 0. The number of benzene rings is 2. The van der Waals surface area contributed by atoms with E-state index in [-0.39, 0.29) is 5.82 Å². The van der Waals surface area contributed by atoms with Crippen molar-refractivity contribution in [3.63, 3.8) is 0 Å². The van der Waals surface area contributed by atoms with Crippen molar-refractivity contribution in [2.24, 2.45) is 0 Å². The molecule has 88 valence electrons. The second-order valence-corrected chi connectivity index (χ2v) is 4.67. The standard InChI is InChI=1S/C13H12BrFN2/c1-8-2-4-10(7-12(8)16)17-13-6-9(15)3-5-11(13)14/h2-7,17H,16H2,1H3. The molecule has 0 fully saturated rings. The number of halogens is 2. The second kappa shape index (κ2) is 4.75. The Morgan fingerprint density at radius 3 is 2.65 bits per heavy atom. The fraction of sp³-hybridized carbons (Fsp3) is 0.0769. The molecule has 0 radical (unpaired) electrons. The molecule has 0 spiro atoms. The van der Waals surface area contributed by atoms with Crippen molar-refractivity contribution in [2.45, 2.75) is 6.92 Å². The third-order valence-corrected chi connectivity index (χ3v) is 3.18. The van der Waals surface area contributed by atoms with Crippen molar-refractivity contribution in [2.75, 3.05) is 11.1 Å². The molecule has 0 atom stereocenters. The van der Waals surface area contributed by atoms with Crippen LogP contribution in [0.4, 0.5) is 21.5 Å². The Morgan fingerprint density at radius 2 is 1.94 bits per heavy atom. The first kappa shape index (κ1) is 11.9. The van der Waals surface area contributed by atoms with E-state index < -0.39 is 0 Å². The molecular formula is C13H12BrFN2. The molecule has 0 aliphatic heterocycles. The first-order valence-corrected chi connectivity index (χ1v) is 5.94. The van der Waals surface area contributed by atoms with Crippen LogP contribution in [0.2, 0.25) is 0 Å². The molecule has 3 N–H and O–H groups in total. The number of nitrogens with two attached hydrogens (primary N) is 1. The van der Waals surface area contributed by atoms with Gasteiger partial charge < -0.3 is 11.1 Å². The van der Waals surface area contributed by atoms with Crippen LogP contribution >= 0.6 is 15.9 Å². The molecule has 0 aliphatic carbocycles. The monoisotopic (exact) mass is 294 g/mol. The van der Waals surface area contributed by atoms with E-state index in [4.69, 9.17) is 5.73 Å². The van der Waals surface area contributed by atoms with Crippen LogP contribution in [0, 0.1) is 12.7 Å². The summed E-state index contributed by atoms with van der Waals surface area (Å²) in [7, 11) is 0. The van der Waals surface area contributed by atoms with Gasteiger partial charge in [0, 0.05) is 15.8 Å². The lowest BCUT2D eigenvalue weighted by atomic mass is 10.2. The van der Waals surface area contributed by atoms with E-state index in [0.717, 1.165) is 15.7 Å². The smallest absolute Gasteiger partial charge is 0.125 e. The van der Waals surface area contributed by atoms with Gasteiger partial charge in [-0.3, -0.25) is 0 Å². The van der Waals surface area contributed by atoms with Crippen LogP contribution < -0.4 is 11.1 Å². The van der Waals surface area contributed by atoms with Gasteiger partial charge in [-0.05, 0) is 58.7 Å². The van der Waals surface area contributed by atoms with E-state index in [1.807, 2.05) is 25.1 Å². The summed E-state index contributed by atoms with van der Waals surface area (Å²) in [6, 6.07) is 10.1. The van der Waals surface area contributed by atoms with Gasteiger partial charge in [0.15, 0.2) is 0 Å². The fourth-order valence-corrected chi connectivity index (χ4v) is 1.81. The molecule has 2 nitrogen and oxygen atoms in total. The van der Waals surface area contributed by atoms with Gasteiger partial charge in [-0.2, -0.15) is 0 Å². The fourth-order valence-electron chi connectivity index (χ4n) is 1.47. The molecule has 2 aromatic carbocycles. The van der Waals surface area contributed by atoms with Crippen LogP contribution in [0.15, 0.2) is 40.9 Å².